The Morgan fingerprint density at radius 2 is 1.49 bits per heavy atom. The van der Waals surface area contributed by atoms with Crippen LogP contribution in [0.3, 0.4) is 0 Å². The molecule has 0 atom stereocenters. The third kappa shape index (κ3) is 3.25. The number of nitriles is 1. The minimum absolute atomic E-state index is 0.124. The van der Waals surface area contributed by atoms with Crippen molar-refractivity contribution in [2.24, 2.45) is 7.05 Å². The predicted molar refractivity (Wildman–Crippen MR) is 158 cm³/mol. The van der Waals surface area contributed by atoms with Crippen molar-refractivity contribution in [1.29, 1.82) is 5.26 Å². The summed E-state index contributed by atoms with van der Waals surface area (Å²) in [5, 5.41) is 12.3. The molecule has 188 valence electrons. The van der Waals surface area contributed by atoms with Crippen molar-refractivity contribution in [3.05, 3.63) is 113 Å². The van der Waals surface area contributed by atoms with Crippen molar-refractivity contribution >= 4 is 21.9 Å². The van der Waals surface area contributed by atoms with Crippen LogP contribution in [0.1, 0.15) is 41.7 Å². The van der Waals surface area contributed by atoms with Gasteiger partial charge in [-0.1, -0.05) is 62.4 Å². The Morgan fingerprint density at radius 3 is 2.28 bits per heavy atom. The average Bonchev–Trinajstić information content (AvgIpc) is 3.42. The molecule has 0 N–H and O–H groups in total. The fourth-order valence-corrected chi connectivity index (χ4v) is 6.48. The van der Waals surface area contributed by atoms with Crippen LogP contribution in [-0.2, 0) is 12.5 Å². The standard InChI is InChI=1S/C36H29N2O/c1-21-16-17-38(5)31(18-21)32-22(2)10-13-27-28-15-12-24(20-37)33(35(28)39-34(27)32)23-11-14-26-25-8-6-7-9-29(25)36(3,4)30(26)19-23/h6-19H,1-5H3/q+1. The number of rotatable bonds is 2. The summed E-state index contributed by atoms with van der Waals surface area (Å²) >= 11 is 0. The van der Waals surface area contributed by atoms with E-state index in [-0.39, 0.29) is 5.41 Å². The lowest BCUT2D eigenvalue weighted by atomic mass is 9.81. The maximum absolute atomic E-state index is 10.2. The van der Waals surface area contributed by atoms with Crippen LogP contribution in [0.25, 0.3) is 55.4 Å². The van der Waals surface area contributed by atoms with Crippen molar-refractivity contribution in [1.82, 2.24) is 0 Å². The molecular formula is C36H29N2O+. The summed E-state index contributed by atoms with van der Waals surface area (Å²) < 4.78 is 8.95. The van der Waals surface area contributed by atoms with Gasteiger partial charge in [-0.15, -0.1) is 0 Å². The lowest BCUT2D eigenvalue weighted by molar-refractivity contribution is -0.660. The Kier molecular flexibility index (Phi) is 4.90. The first kappa shape index (κ1) is 23.4. The second-order valence-electron chi connectivity index (χ2n) is 11.3. The minimum Gasteiger partial charge on any atom is -0.454 e. The molecule has 3 nitrogen and oxygen atoms in total. The van der Waals surface area contributed by atoms with E-state index in [2.05, 4.69) is 118 Å². The zero-order valence-electron chi connectivity index (χ0n) is 22.9. The van der Waals surface area contributed by atoms with Gasteiger partial charge in [-0.25, -0.2) is 4.57 Å². The smallest absolute Gasteiger partial charge is 0.216 e. The van der Waals surface area contributed by atoms with Gasteiger partial charge in [0.05, 0.1) is 17.2 Å². The zero-order valence-corrected chi connectivity index (χ0v) is 22.9. The topological polar surface area (TPSA) is 40.8 Å². The highest BCUT2D eigenvalue weighted by atomic mass is 16.3. The minimum atomic E-state index is -0.124. The van der Waals surface area contributed by atoms with Crippen LogP contribution < -0.4 is 4.57 Å². The Hall–Kier alpha value is -4.68. The molecular weight excluding hydrogens is 476 g/mol. The average molecular weight is 506 g/mol. The molecule has 2 heterocycles. The number of aromatic nitrogens is 1. The van der Waals surface area contributed by atoms with Crippen molar-refractivity contribution in [2.75, 3.05) is 0 Å². The van der Waals surface area contributed by atoms with Gasteiger partial charge in [0.2, 0.25) is 5.69 Å². The summed E-state index contributed by atoms with van der Waals surface area (Å²) in [6.07, 6.45) is 2.09. The van der Waals surface area contributed by atoms with Gasteiger partial charge in [-0.3, -0.25) is 0 Å². The lowest BCUT2D eigenvalue weighted by Gasteiger charge is -2.22. The summed E-state index contributed by atoms with van der Waals surface area (Å²) in [5.74, 6) is 0. The van der Waals surface area contributed by atoms with Gasteiger partial charge >= 0.3 is 0 Å². The Bertz CT molecular complexity index is 2030. The summed E-state index contributed by atoms with van der Waals surface area (Å²) in [6, 6.07) is 30.3. The highest BCUT2D eigenvalue weighted by Crippen LogP contribution is 2.50. The number of pyridine rings is 1. The van der Waals surface area contributed by atoms with Gasteiger partial charge in [0.1, 0.15) is 18.2 Å². The van der Waals surface area contributed by atoms with E-state index >= 15 is 0 Å². The van der Waals surface area contributed by atoms with Gasteiger partial charge in [-0.2, -0.15) is 5.26 Å². The summed E-state index contributed by atoms with van der Waals surface area (Å²) in [6.45, 7) is 8.81. The third-order valence-corrected chi connectivity index (χ3v) is 8.57. The first-order chi connectivity index (χ1) is 18.8. The monoisotopic (exact) mass is 505 g/mol. The summed E-state index contributed by atoms with van der Waals surface area (Å²) in [5.41, 5.74) is 13.7. The van der Waals surface area contributed by atoms with Crippen LogP contribution in [0.15, 0.2) is 89.5 Å². The van der Waals surface area contributed by atoms with Crippen LogP contribution in [0.2, 0.25) is 0 Å². The number of hydrogen-bond acceptors (Lipinski definition) is 2. The van der Waals surface area contributed by atoms with Crippen LogP contribution in [0.5, 0.6) is 0 Å². The zero-order chi connectivity index (χ0) is 27.1. The molecule has 4 aromatic carbocycles. The molecule has 6 aromatic rings. The van der Waals surface area contributed by atoms with E-state index in [1.807, 2.05) is 12.1 Å². The molecule has 0 spiro atoms. The maximum atomic E-state index is 10.2. The van der Waals surface area contributed by atoms with E-state index in [1.54, 1.807) is 0 Å². The number of hydrogen-bond donors (Lipinski definition) is 0. The quantitative estimate of drug-likeness (QED) is 0.221. The second kappa shape index (κ2) is 8.16. The van der Waals surface area contributed by atoms with Crippen molar-refractivity contribution < 1.29 is 8.98 Å². The van der Waals surface area contributed by atoms with Gasteiger partial charge in [0, 0.05) is 33.9 Å². The number of furan rings is 1. The van der Waals surface area contributed by atoms with E-state index in [0.717, 1.165) is 49.9 Å². The van der Waals surface area contributed by atoms with Crippen molar-refractivity contribution in [3.63, 3.8) is 0 Å². The number of aryl methyl sites for hydroxylation is 3. The molecule has 3 heteroatoms. The number of nitrogens with zero attached hydrogens (tertiary/aromatic N) is 2. The van der Waals surface area contributed by atoms with E-state index in [1.165, 1.54) is 27.8 Å². The fourth-order valence-electron chi connectivity index (χ4n) is 6.48. The molecule has 0 bridgehead atoms. The maximum Gasteiger partial charge on any atom is 0.216 e. The van der Waals surface area contributed by atoms with E-state index in [4.69, 9.17) is 4.42 Å². The fraction of sp³-hybridized carbons (Fsp3) is 0.167. The molecule has 0 saturated carbocycles. The summed E-state index contributed by atoms with van der Waals surface area (Å²) in [7, 11) is 2.07. The van der Waals surface area contributed by atoms with Crippen LogP contribution in [0, 0.1) is 25.2 Å². The lowest BCUT2D eigenvalue weighted by Crippen LogP contribution is -2.30. The first-order valence-corrected chi connectivity index (χ1v) is 13.4. The third-order valence-electron chi connectivity index (χ3n) is 8.57. The van der Waals surface area contributed by atoms with E-state index in [9.17, 15) is 5.26 Å². The molecule has 39 heavy (non-hydrogen) atoms. The van der Waals surface area contributed by atoms with Crippen LogP contribution in [-0.4, -0.2) is 0 Å². The molecule has 0 aliphatic heterocycles. The Balaban J connectivity index is 1.53. The molecule has 0 saturated heterocycles. The second-order valence-corrected chi connectivity index (χ2v) is 11.3. The number of benzene rings is 4. The highest BCUT2D eigenvalue weighted by Gasteiger charge is 2.35. The molecule has 7 rings (SSSR count). The summed E-state index contributed by atoms with van der Waals surface area (Å²) in [4.78, 5) is 0. The van der Waals surface area contributed by atoms with Gasteiger partial charge in [-0.05, 0) is 71.0 Å². The van der Waals surface area contributed by atoms with Crippen LogP contribution >= 0.6 is 0 Å². The largest absolute Gasteiger partial charge is 0.454 e. The Labute approximate surface area is 228 Å². The predicted octanol–water partition coefficient (Wildman–Crippen LogP) is 8.54. The molecule has 0 radical (unpaired) electrons. The molecule has 1 aliphatic rings. The van der Waals surface area contributed by atoms with E-state index in [0.29, 0.717) is 5.56 Å². The molecule has 0 unspecified atom stereocenters. The van der Waals surface area contributed by atoms with Gasteiger partial charge < -0.3 is 4.42 Å². The molecule has 1 aliphatic carbocycles. The Morgan fingerprint density at radius 1 is 0.769 bits per heavy atom. The van der Waals surface area contributed by atoms with Gasteiger partial charge in [0.15, 0.2) is 6.20 Å². The van der Waals surface area contributed by atoms with Gasteiger partial charge in [0.25, 0.3) is 0 Å². The van der Waals surface area contributed by atoms with Crippen LogP contribution in [0.4, 0.5) is 0 Å². The normalized spacial score (nSPS) is 13.4. The molecule has 0 fully saturated rings. The SMILES string of the molecule is Cc1cc[n+](C)c(-c2c(C)ccc3c2oc2c(-c4ccc5c(c4)C(C)(C)c4ccccc4-5)c(C#N)ccc23)c1. The molecule has 0 amide bonds. The van der Waals surface area contributed by atoms with E-state index < -0.39 is 0 Å². The van der Waals surface area contributed by atoms with Crippen molar-refractivity contribution in [3.8, 4) is 39.6 Å². The number of fused-ring (bicyclic) bond motifs is 6. The highest BCUT2D eigenvalue weighted by molar-refractivity contribution is 6.14. The first-order valence-electron chi connectivity index (χ1n) is 13.4. The molecule has 2 aromatic heterocycles. The van der Waals surface area contributed by atoms with Crippen molar-refractivity contribution in [2.45, 2.75) is 33.1 Å².